The highest BCUT2D eigenvalue weighted by atomic mass is 127. The predicted molar refractivity (Wildman–Crippen MR) is 107 cm³/mol. The fraction of sp³-hybridized carbons (Fsp3) is 0.938. The van der Waals surface area contributed by atoms with Crippen LogP contribution in [0, 0.1) is 0 Å². The molecule has 0 saturated carbocycles. The van der Waals surface area contributed by atoms with Crippen LogP contribution in [-0.2, 0) is 9.47 Å². The zero-order chi connectivity index (χ0) is 16.0. The maximum Gasteiger partial charge on any atom is 0.191 e. The Kier molecular flexibility index (Phi) is 15.3. The molecule has 23 heavy (non-hydrogen) atoms. The fourth-order valence-corrected chi connectivity index (χ4v) is 2.60. The Hall–Kier alpha value is -0.120. The standard InChI is InChI=1S/C16H34N4O2.HI/c1-4-9-20-10-6-15(7-11-20)19-16(17-5-2)18-8-12-22-14-13-21-3;/h15H,4-14H2,1-3H3,(H2,17,18,19);1H. The second-order valence-corrected chi connectivity index (χ2v) is 5.63. The van der Waals surface area contributed by atoms with Crippen LogP contribution in [0.25, 0.3) is 0 Å². The Morgan fingerprint density at radius 2 is 1.91 bits per heavy atom. The number of halogens is 1. The molecule has 7 heteroatoms. The van der Waals surface area contributed by atoms with Crippen molar-refractivity contribution in [3.05, 3.63) is 0 Å². The lowest BCUT2D eigenvalue weighted by atomic mass is 10.1. The molecule has 0 radical (unpaired) electrons. The summed E-state index contributed by atoms with van der Waals surface area (Å²) in [5, 5.41) is 6.87. The van der Waals surface area contributed by atoms with Crippen molar-refractivity contribution in [2.24, 2.45) is 4.99 Å². The van der Waals surface area contributed by atoms with Crippen LogP contribution in [-0.4, -0.2) is 76.6 Å². The van der Waals surface area contributed by atoms with Gasteiger partial charge >= 0.3 is 0 Å². The number of aliphatic imine (C=N–C) groups is 1. The number of nitrogens with one attached hydrogen (secondary N) is 2. The van der Waals surface area contributed by atoms with Gasteiger partial charge in [0.05, 0.1) is 26.4 Å². The zero-order valence-corrected chi connectivity index (χ0v) is 17.3. The molecule has 0 atom stereocenters. The third-order valence-corrected chi connectivity index (χ3v) is 3.75. The minimum atomic E-state index is 0. The molecule has 0 spiro atoms. The number of guanidine groups is 1. The van der Waals surface area contributed by atoms with Gasteiger partial charge in [0.2, 0.25) is 0 Å². The molecule has 1 heterocycles. The largest absolute Gasteiger partial charge is 0.382 e. The molecule has 0 aromatic heterocycles. The second kappa shape index (κ2) is 15.4. The number of piperidine rings is 1. The lowest BCUT2D eigenvalue weighted by Gasteiger charge is -2.32. The van der Waals surface area contributed by atoms with Crippen molar-refractivity contribution in [3.8, 4) is 0 Å². The summed E-state index contributed by atoms with van der Waals surface area (Å²) in [6.45, 7) is 11.4. The van der Waals surface area contributed by atoms with E-state index in [1.807, 2.05) is 0 Å². The maximum atomic E-state index is 5.44. The summed E-state index contributed by atoms with van der Waals surface area (Å²) in [5.74, 6) is 0.909. The van der Waals surface area contributed by atoms with Crippen molar-refractivity contribution in [1.82, 2.24) is 15.5 Å². The highest BCUT2D eigenvalue weighted by Gasteiger charge is 2.19. The smallest absolute Gasteiger partial charge is 0.191 e. The number of rotatable bonds is 10. The highest BCUT2D eigenvalue weighted by molar-refractivity contribution is 14.0. The van der Waals surface area contributed by atoms with Gasteiger partial charge in [0.15, 0.2) is 5.96 Å². The summed E-state index contributed by atoms with van der Waals surface area (Å²) < 4.78 is 10.4. The zero-order valence-electron chi connectivity index (χ0n) is 15.0. The molecule has 1 aliphatic rings. The highest BCUT2D eigenvalue weighted by Crippen LogP contribution is 2.10. The summed E-state index contributed by atoms with van der Waals surface area (Å²) in [4.78, 5) is 7.12. The van der Waals surface area contributed by atoms with Gasteiger partial charge < -0.3 is 25.0 Å². The summed E-state index contributed by atoms with van der Waals surface area (Å²) in [6.07, 6.45) is 3.62. The van der Waals surface area contributed by atoms with Crippen LogP contribution >= 0.6 is 24.0 Å². The van der Waals surface area contributed by atoms with E-state index in [2.05, 4.69) is 34.4 Å². The summed E-state index contributed by atoms with van der Waals surface area (Å²) in [7, 11) is 1.68. The van der Waals surface area contributed by atoms with Crippen LogP contribution in [0.5, 0.6) is 0 Å². The molecular formula is C16H35IN4O2. The van der Waals surface area contributed by atoms with Gasteiger partial charge in [-0.05, 0) is 32.7 Å². The van der Waals surface area contributed by atoms with E-state index >= 15 is 0 Å². The average molecular weight is 442 g/mol. The van der Waals surface area contributed by atoms with Crippen LogP contribution in [0.1, 0.15) is 33.1 Å². The topological polar surface area (TPSA) is 58.1 Å². The molecule has 138 valence electrons. The minimum Gasteiger partial charge on any atom is -0.382 e. The number of methoxy groups -OCH3 is 1. The molecular weight excluding hydrogens is 407 g/mol. The Labute approximate surface area is 158 Å². The number of hydrogen-bond acceptors (Lipinski definition) is 4. The number of hydrogen-bond donors (Lipinski definition) is 2. The lowest BCUT2D eigenvalue weighted by Crippen LogP contribution is -2.48. The van der Waals surface area contributed by atoms with Crippen LogP contribution in [0.15, 0.2) is 4.99 Å². The monoisotopic (exact) mass is 442 g/mol. The van der Waals surface area contributed by atoms with Crippen LogP contribution < -0.4 is 10.6 Å². The van der Waals surface area contributed by atoms with Gasteiger partial charge in [-0.15, -0.1) is 24.0 Å². The van der Waals surface area contributed by atoms with E-state index in [9.17, 15) is 0 Å². The van der Waals surface area contributed by atoms with Crippen LogP contribution in [0.3, 0.4) is 0 Å². The molecule has 1 aliphatic heterocycles. The van der Waals surface area contributed by atoms with Gasteiger partial charge in [0, 0.05) is 32.8 Å². The van der Waals surface area contributed by atoms with Crippen molar-refractivity contribution in [3.63, 3.8) is 0 Å². The van der Waals surface area contributed by atoms with Crippen LogP contribution in [0.2, 0.25) is 0 Å². The van der Waals surface area contributed by atoms with E-state index in [0.717, 1.165) is 12.5 Å². The SMILES string of the molecule is CCCN1CCC(NC(=NCCOCCOC)NCC)CC1.I. The molecule has 1 saturated heterocycles. The Balaban J connectivity index is 0.00000484. The van der Waals surface area contributed by atoms with Gasteiger partial charge in [-0.1, -0.05) is 6.92 Å². The van der Waals surface area contributed by atoms with Crippen molar-refractivity contribution in [2.45, 2.75) is 39.2 Å². The van der Waals surface area contributed by atoms with E-state index < -0.39 is 0 Å². The normalized spacial score (nSPS) is 16.9. The number of likely N-dealkylation sites (tertiary alicyclic amines) is 1. The van der Waals surface area contributed by atoms with E-state index in [1.54, 1.807) is 7.11 Å². The van der Waals surface area contributed by atoms with Gasteiger partial charge in [0.25, 0.3) is 0 Å². The molecule has 0 aromatic carbocycles. The fourth-order valence-electron chi connectivity index (χ4n) is 2.60. The Morgan fingerprint density at radius 1 is 1.17 bits per heavy atom. The average Bonchev–Trinajstić information content (AvgIpc) is 2.53. The molecule has 1 fully saturated rings. The summed E-state index contributed by atoms with van der Waals surface area (Å²) >= 11 is 0. The third kappa shape index (κ3) is 11.1. The Morgan fingerprint density at radius 3 is 2.52 bits per heavy atom. The summed E-state index contributed by atoms with van der Waals surface area (Å²) in [6, 6.07) is 0.528. The third-order valence-electron chi connectivity index (χ3n) is 3.75. The first-order valence-corrected chi connectivity index (χ1v) is 8.64. The minimum absolute atomic E-state index is 0. The molecule has 0 bridgehead atoms. The van der Waals surface area contributed by atoms with E-state index in [-0.39, 0.29) is 24.0 Å². The summed E-state index contributed by atoms with van der Waals surface area (Å²) in [5.41, 5.74) is 0. The maximum absolute atomic E-state index is 5.44. The molecule has 0 amide bonds. The first-order chi connectivity index (χ1) is 10.8. The van der Waals surface area contributed by atoms with Crippen molar-refractivity contribution >= 4 is 29.9 Å². The number of ether oxygens (including phenoxy) is 2. The second-order valence-electron chi connectivity index (χ2n) is 5.63. The van der Waals surface area contributed by atoms with Gasteiger partial charge in [0.1, 0.15) is 0 Å². The van der Waals surface area contributed by atoms with Crippen molar-refractivity contribution in [2.75, 3.05) is 59.7 Å². The van der Waals surface area contributed by atoms with E-state index in [0.29, 0.717) is 32.4 Å². The molecule has 0 aromatic rings. The van der Waals surface area contributed by atoms with Crippen molar-refractivity contribution in [1.29, 1.82) is 0 Å². The van der Waals surface area contributed by atoms with E-state index in [1.165, 1.54) is 38.9 Å². The molecule has 2 N–H and O–H groups in total. The number of nitrogens with zero attached hydrogens (tertiary/aromatic N) is 2. The van der Waals surface area contributed by atoms with Crippen LogP contribution in [0.4, 0.5) is 0 Å². The first-order valence-electron chi connectivity index (χ1n) is 8.64. The van der Waals surface area contributed by atoms with Gasteiger partial charge in [-0.25, -0.2) is 0 Å². The quantitative estimate of drug-likeness (QED) is 0.234. The predicted octanol–water partition coefficient (Wildman–Crippen LogP) is 1.70. The van der Waals surface area contributed by atoms with Gasteiger partial charge in [-0.3, -0.25) is 4.99 Å². The Bertz CT molecular complexity index is 298. The molecule has 1 rings (SSSR count). The van der Waals surface area contributed by atoms with E-state index in [4.69, 9.17) is 9.47 Å². The molecule has 0 aliphatic carbocycles. The van der Waals surface area contributed by atoms with Gasteiger partial charge in [-0.2, -0.15) is 0 Å². The lowest BCUT2D eigenvalue weighted by molar-refractivity contribution is 0.0748. The molecule has 0 unspecified atom stereocenters. The first kappa shape index (κ1) is 22.9. The molecule has 6 nitrogen and oxygen atoms in total. The van der Waals surface area contributed by atoms with Crippen molar-refractivity contribution < 1.29 is 9.47 Å².